The number of hydrogen-bond acceptors (Lipinski definition) is 5. The van der Waals surface area contributed by atoms with Crippen molar-refractivity contribution in [2.24, 2.45) is 0 Å². The lowest BCUT2D eigenvalue weighted by molar-refractivity contribution is -0.385. The van der Waals surface area contributed by atoms with Gasteiger partial charge in [0.15, 0.2) is 6.29 Å². The number of aromatic hydroxyl groups is 1. The molecule has 0 aliphatic heterocycles. The van der Waals surface area contributed by atoms with Crippen LogP contribution >= 0.6 is 0 Å². The minimum Gasteiger partial charge on any atom is -0.507 e. The molecule has 0 saturated heterocycles. The number of phenolic OH excluding ortho intramolecular Hbond substituents is 1. The molecule has 1 unspecified atom stereocenters. The number of nitro groups is 1. The molecule has 1 rings (SSSR count). The number of non-ortho nitro benzene ring substituents is 1. The Bertz CT molecular complexity index is 388. The van der Waals surface area contributed by atoms with Gasteiger partial charge in [-0.05, 0) is 13.8 Å². The molecule has 0 aliphatic rings. The number of nitrogens with zero attached hydrogens (tertiary/aromatic N) is 1. The fourth-order valence-electron chi connectivity index (χ4n) is 1.07. The minimum atomic E-state index is -1.09. The SMILES string of the molecule is Cc1c(O)cc([N+](=O)[O-])cc1OC(C)O. The number of ether oxygens (including phenoxy) is 1. The molecule has 0 spiro atoms. The normalized spacial score (nSPS) is 12.2. The summed E-state index contributed by atoms with van der Waals surface area (Å²) in [6.07, 6.45) is -1.09. The first-order valence-electron chi connectivity index (χ1n) is 4.24. The molecule has 6 heteroatoms. The Labute approximate surface area is 85.9 Å². The fourth-order valence-corrected chi connectivity index (χ4v) is 1.07. The van der Waals surface area contributed by atoms with Crippen molar-refractivity contribution >= 4 is 5.69 Å². The van der Waals surface area contributed by atoms with Crippen LogP contribution in [0.25, 0.3) is 0 Å². The van der Waals surface area contributed by atoms with Gasteiger partial charge in [0.25, 0.3) is 5.69 Å². The van der Waals surface area contributed by atoms with Crippen LogP contribution in [0.3, 0.4) is 0 Å². The summed E-state index contributed by atoms with van der Waals surface area (Å²) in [5.74, 6) is -0.142. The Morgan fingerprint density at radius 1 is 1.53 bits per heavy atom. The van der Waals surface area contributed by atoms with E-state index in [0.717, 1.165) is 12.1 Å². The van der Waals surface area contributed by atoms with Crippen LogP contribution in [0, 0.1) is 17.0 Å². The highest BCUT2D eigenvalue weighted by atomic mass is 16.6. The lowest BCUT2D eigenvalue weighted by atomic mass is 10.2. The summed E-state index contributed by atoms with van der Waals surface area (Å²) < 4.78 is 4.91. The van der Waals surface area contributed by atoms with Gasteiger partial charge in [-0.25, -0.2) is 0 Å². The van der Waals surface area contributed by atoms with E-state index in [-0.39, 0.29) is 17.2 Å². The minimum absolute atomic E-state index is 0.0942. The molecule has 1 atom stereocenters. The topological polar surface area (TPSA) is 92.8 Å². The molecule has 0 saturated carbocycles. The van der Waals surface area contributed by atoms with Crippen LogP contribution in [0.15, 0.2) is 12.1 Å². The summed E-state index contributed by atoms with van der Waals surface area (Å²) in [5.41, 5.74) is 0.0650. The molecule has 15 heavy (non-hydrogen) atoms. The molecule has 1 aromatic carbocycles. The predicted octanol–water partition coefficient (Wildman–Crippen LogP) is 1.33. The molecule has 1 aromatic rings. The highest BCUT2D eigenvalue weighted by Gasteiger charge is 2.15. The summed E-state index contributed by atoms with van der Waals surface area (Å²) in [6, 6.07) is 2.19. The summed E-state index contributed by atoms with van der Waals surface area (Å²) >= 11 is 0. The van der Waals surface area contributed by atoms with Crippen LogP contribution in [0.5, 0.6) is 11.5 Å². The summed E-state index contributed by atoms with van der Waals surface area (Å²) in [4.78, 5) is 9.83. The van der Waals surface area contributed by atoms with Gasteiger partial charge in [-0.1, -0.05) is 0 Å². The first-order chi connectivity index (χ1) is 6.91. The fraction of sp³-hybridized carbons (Fsp3) is 0.333. The van der Waals surface area contributed by atoms with Crippen molar-refractivity contribution in [1.29, 1.82) is 0 Å². The molecule has 6 nitrogen and oxygen atoms in total. The maximum atomic E-state index is 10.5. The maximum Gasteiger partial charge on any atom is 0.276 e. The molecule has 0 radical (unpaired) electrons. The van der Waals surface area contributed by atoms with Gasteiger partial charge >= 0.3 is 0 Å². The van der Waals surface area contributed by atoms with Gasteiger partial charge in [0.05, 0.1) is 17.1 Å². The molecule has 0 aromatic heterocycles. The van der Waals surface area contributed by atoms with E-state index in [2.05, 4.69) is 0 Å². The first kappa shape index (κ1) is 11.3. The van der Waals surface area contributed by atoms with E-state index in [0.29, 0.717) is 5.56 Å². The third-order valence-corrected chi connectivity index (χ3v) is 1.83. The zero-order valence-corrected chi connectivity index (χ0v) is 8.30. The second-order valence-electron chi connectivity index (χ2n) is 3.06. The standard InChI is InChI=1S/C9H11NO5/c1-5-8(12)3-7(10(13)14)4-9(5)15-6(2)11/h3-4,6,11-12H,1-2H3. The van der Waals surface area contributed by atoms with Crippen molar-refractivity contribution in [1.82, 2.24) is 0 Å². The zero-order chi connectivity index (χ0) is 11.6. The average Bonchev–Trinajstić information content (AvgIpc) is 2.11. The van der Waals surface area contributed by atoms with Gasteiger partial charge in [-0.15, -0.1) is 0 Å². The van der Waals surface area contributed by atoms with Crippen LogP contribution in [-0.2, 0) is 0 Å². The number of rotatable bonds is 3. The van der Waals surface area contributed by atoms with E-state index >= 15 is 0 Å². The molecule has 0 bridgehead atoms. The average molecular weight is 213 g/mol. The van der Waals surface area contributed by atoms with Crippen LogP contribution in [-0.4, -0.2) is 21.4 Å². The van der Waals surface area contributed by atoms with Crippen molar-refractivity contribution in [2.75, 3.05) is 0 Å². The number of aliphatic hydroxyl groups is 1. The molecule has 82 valence electrons. The van der Waals surface area contributed by atoms with Gasteiger partial charge in [0, 0.05) is 5.56 Å². The van der Waals surface area contributed by atoms with E-state index < -0.39 is 11.2 Å². The molecule has 0 heterocycles. The van der Waals surface area contributed by atoms with E-state index in [1.807, 2.05) is 0 Å². The second kappa shape index (κ2) is 4.14. The molecule has 0 fully saturated rings. The van der Waals surface area contributed by atoms with Gasteiger partial charge < -0.3 is 14.9 Å². The van der Waals surface area contributed by atoms with Crippen LogP contribution in [0.2, 0.25) is 0 Å². The highest BCUT2D eigenvalue weighted by molar-refractivity contribution is 5.52. The van der Waals surface area contributed by atoms with Gasteiger partial charge in [0.1, 0.15) is 11.5 Å². The number of nitro benzene ring substituents is 1. The molecular formula is C9H11NO5. The van der Waals surface area contributed by atoms with Crippen LogP contribution < -0.4 is 4.74 Å². The Morgan fingerprint density at radius 3 is 2.60 bits per heavy atom. The van der Waals surface area contributed by atoms with Gasteiger partial charge in [-0.3, -0.25) is 10.1 Å². The monoisotopic (exact) mass is 213 g/mol. The Hall–Kier alpha value is -1.82. The van der Waals surface area contributed by atoms with E-state index in [4.69, 9.17) is 9.84 Å². The maximum absolute atomic E-state index is 10.5. The van der Waals surface area contributed by atoms with Crippen molar-refractivity contribution in [2.45, 2.75) is 20.1 Å². The van der Waals surface area contributed by atoms with E-state index in [1.54, 1.807) is 0 Å². The van der Waals surface area contributed by atoms with Crippen molar-refractivity contribution in [3.05, 3.63) is 27.8 Å². The number of hydrogen-bond donors (Lipinski definition) is 2. The summed E-state index contributed by atoms with van der Waals surface area (Å²) in [7, 11) is 0. The summed E-state index contributed by atoms with van der Waals surface area (Å²) in [5, 5.41) is 28.8. The quantitative estimate of drug-likeness (QED) is 0.448. The largest absolute Gasteiger partial charge is 0.507 e. The van der Waals surface area contributed by atoms with Crippen molar-refractivity contribution in [3.8, 4) is 11.5 Å². The Balaban J connectivity index is 3.19. The second-order valence-corrected chi connectivity index (χ2v) is 3.06. The lowest BCUT2D eigenvalue weighted by Gasteiger charge is -2.11. The zero-order valence-electron chi connectivity index (χ0n) is 8.30. The van der Waals surface area contributed by atoms with Gasteiger partial charge in [-0.2, -0.15) is 0 Å². The highest BCUT2D eigenvalue weighted by Crippen LogP contribution is 2.32. The first-order valence-corrected chi connectivity index (χ1v) is 4.24. The number of phenols is 1. The molecule has 2 N–H and O–H groups in total. The Kier molecular flexibility index (Phi) is 3.11. The van der Waals surface area contributed by atoms with Crippen molar-refractivity contribution < 1.29 is 19.9 Å². The van der Waals surface area contributed by atoms with Crippen LogP contribution in [0.4, 0.5) is 5.69 Å². The predicted molar refractivity (Wildman–Crippen MR) is 51.8 cm³/mol. The molecular weight excluding hydrogens is 202 g/mol. The van der Waals surface area contributed by atoms with Crippen molar-refractivity contribution in [3.63, 3.8) is 0 Å². The molecule has 0 amide bonds. The van der Waals surface area contributed by atoms with Crippen LogP contribution in [0.1, 0.15) is 12.5 Å². The third-order valence-electron chi connectivity index (χ3n) is 1.83. The number of aliphatic hydroxyl groups excluding tert-OH is 1. The van der Waals surface area contributed by atoms with E-state index in [1.165, 1.54) is 13.8 Å². The lowest BCUT2D eigenvalue weighted by Crippen LogP contribution is -2.10. The van der Waals surface area contributed by atoms with Gasteiger partial charge in [0.2, 0.25) is 0 Å². The molecule has 0 aliphatic carbocycles. The number of benzene rings is 1. The Morgan fingerprint density at radius 2 is 2.13 bits per heavy atom. The smallest absolute Gasteiger partial charge is 0.276 e. The van der Waals surface area contributed by atoms with E-state index in [9.17, 15) is 15.2 Å². The summed E-state index contributed by atoms with van der Waals surface area (Å²) in [6.45, 7) is 2.91. The third kappa shape index (κ3) is 2.57.